The zero-order valence-electron chi connectivity index (χ0n) is 10.8. The lowest BCUT2D eigenvalue weighted by Crippen LogP contribution is -2.34. The third-order valence-electron chi connectivity index (χ3n) is 3.73. The van der Waals surface area contributed by atoms with Gasteiger partial charge in [0.2, 0.25) is 5.91 Å². The van der Waals surface area contributed by atoms with Gasteiger partial charge in [0.05, 0.1) is 11.8 Å². The van der Waals surface area contributed by atoms with Crippen molar-refractivity contribution in [2.75, 3.05) is 5.32 Å². The molecule has 0 atom stereocenters. The van der Waals surface area contributed by atoms with E-state index in [4.69, 9.17) is 0 Å². The lowest BCUT2D eigenvalue weighted by molar-refractivity contribution is -0.123. The van der Waals surface area contributed by atoms with Crippen molar-refractivity contribution < 1.29 is 4.79 Å². The van der Waals surface area contributed by atoms with Gasteiger partial charge in [0, 0.05) is 3.57 Å². The Labute approximate surface area is 127 Å². The Morgan fingerprint density at radius 3 is 2.42 bits per heavy atom. The van der Waals surface area contributed by atoms with Gasteiger partial charge in [-0.3, -0.25) is 4.79 Å². The topological polar surface area (TPSA) is 52.9 Å². The summed E-state index contributed by atoms with van der Waals surface area (Å²) in [6.07, 6.45) is 5.54. The van der Waals surface area contributed by atoms with Crippen LogP contribution in [0, 0.1) is 20.3 Å². The molecule has 100 valence electrons. The molecule has 0 aromatic heterocycles. The second-order valence-corrected chi connectivity index (χ2v) is 6.20. The highest BCUT2D eigenvalue weighted by molar-refractivity contribution is 14.1. The minimum absolute atomic E-state index is 0.138. The Balaban J connectivity index is 2.17. The summed E-state index contributed by atoms with van der Waals surface area (Å²) in [6.45, 7) is 0. The maximum atomic E-state index is 12.5. The van der Waals surface area contributed by atoms with E-state index in [2.05, 4.69) is 34.0 Å². The van der Waals surface area contributed by atoms with Crippen LogP contribution in [0.4, 0.5) is 5.69 Å². The maximum Gasteiger partial charge on any atom is 0.244 e. The van der Waals surface area contributed by atoms with Crippen molar-refractivity contribution in [2.24, 2.45) is 5.41 Å². The van der Waals surface area contributed by atoms with Gasteiger partial charge >= 0.3 is 0 Å². The van der Waals surface area contributed by atoms with Crippen molar-refractivity contribution >= 4 is 34.2 Å². The van der Waals surface area contributed by atoms with Crippen LogP contribution < -0.4 is 5.32 Å². The van der Waals surface area contributed by atoms with Gasteiger partial charge in [-0.05, 0) is 47.6 Å². The Kier molecular flexibility index (Phi) is 4.81. The normalized spacial score (nSPS) is 18.1. The number of carbonyl (C=O) groups is 1. The lowest BCUT2D eigenvalue weighted by atomic mass is 9.81. The maximum absolute atomic E-state index is 12.5. The van der Waals surface area contributed by atoms with Crippen molar-refractivity contribution in [2.45, 2.75) is 38.5 Å². The number of hydrogen-bond donors (Lipinski definition) is 1. The molecule has 1 fully saturated rings. The number of halogens is 1. The number of anilines is 1. The summed E-state index contributed by atoms with van der Waals surface area (Å²) < 4.78 is 0.996. The van der Waals surface area contributed by atoms with Gasteiger partial charge in [0.25, 0.3) is 0 Å². The molecule has 0 aliphatic heterocycles. The van der Waals surface area contributed by atoms with E-state index < -0.39 is 5.41 Å². The van der Waals surface area contributed by atoms with Gasteiger partial charge in [-0.25, -0.2) is 0 Å². The van der Waals surface area contributed by atoms with E-state index in [9.17, 15) is 10.1 Å². The Morgan fingerprint density at radius 1 is 1.21 bits per heavy atom. The third-order valence-corrected chi connectivity index (χ3v) is 4.67. The minimum atomic E-state index is -0.838. The molecule has 1 amide bonds. The SMILES string of the molecule is N#CC1(C(=O)Nc2ccccc2I)CCCCCC1. The van der Waals surface area contributed by atoms with Crippen molar-refractivity contribution in [3.05, 3.63) is 27.8 Å². The van der Waals surface area contributed by atoms with Crippen molar-refractivity contribution in [1.82, 2.24) is 0 Å². The first-order chi connectivity index (χ1) is 9.18. The second kappa shape index (κ2) is 6.38. The van der Waals surface area contributed by atoms with E-state index in [1.165, 1.54) is 0 Å². The van der Waals surface area contributed by atoms with E-state index in [0.717, 1.165) is 34.9 Å². The summed E-state index contributed by atoms with van der Waals surface area (Å²) in [5.74, 6) is -0.138. The molecule has 2 rings (SSSR count). The number of benzene rings is 1. The van der Waals surface area contributed by atoms with Crippen LogP contribution in [-0.4, -0.2) is 5.91 Å². The van der Waals surface area contributed by atoms with Gasteiger partial charge in [-0.1, -0.05) is 37.8 Å². The first-order valence-corrected chi connectivity index (χ1v) is 7.73. The number of amides is 1. The van der Waals surface area contributed by atoms with Crippen molar-refractivity contribution in [3.63, 3.8) is 0 Å². The van der Waals surface area contributed by atoms with Crippen molar-refractivity contribution in [3.8, 4) is 6.07 Å². The molecule has 1 saturated carbocycles. The molecule has 1 aliphatic carbocycles. The largest absolute Gasteiger partial charge is 0.324 e. The highest BCUT2D eigenvalue weighted by Gasteiger charge is 2.39. The van der Waals surface area contributed by atoms with E-state index >= 15 is 0 Å². The molecule has 0 saturated heterocycles. The first kappa shape index (κ1) is 14.3. The number of rotatable bonds is 2. The molecule has 0 radical (unpaired) electrons. The number of nitriles is 1. The average Bonchev–Trinajstić information content (AvgIpc) is 2.67. The fourth-order valence-electron chi connectivity index (χ4n) is 2.53. The van der Waals surface area contributed by atoms with Gasteiger partial charge in [-0.2, -0.15) is 5.26 Å². The van der Waals surface area contributed by atoms with E-state index in [1.54, 1.807) is 0 Å². The lowest BCUT2D eigenvalue weighted by Gasteiger charge is -2.23. The zero-order chi connectivity index (χ0) is 13.7. The monoisotopic (exact) mass is 368 g/mol. The summed E-state index contributed by atoms with van der Waals surface area (Å²) in [5, 5.41) is 12.4. The van der Waals surface area contributed by atoms with Gasteiger partial charge in [-0.15, -0.1) is 0 Å². The van der Waals surface area contributed by atoms with E-state index in [-0.39, 0.29) is 5.91 Å². The van der Waals surface area contributed by atoms with Gasteiger partial charge in [0.1, 0.15) is 5.41 Å². The molecule has 1 aliphatic rings. The molecule has 0 unspecified atom stereocenters. The van der Waals surface area contributed by atoms with E-state index in [0.29, 0.717) is 12.8 Å². The highest BCUT2D eigenvalue weighted by atomic mass is 127. The number of hydrogen-bond acceptors (Lipinski definition) is 2. The predicted molar refractivity (Wildman–Crippen MR) is 83.5 cm³/mol. The van der Waals surface area contributed by atoms with Crippen LogP contribution >= 0.6 is 22.6 Å². The third kappa shape index (κ3) is 3.27. The van der Waals surface area contributed by atoms with Gasteiger partial charge in [0.15, 0.2) is 0 Å². The quantitative estimate of drug-likeness (QED) is 0.631. The summed E-state index contributed by atoms with van der Waals surface area (Å²) in [4.78, 5) is 12.5. The minimum Gasteiger partial charge on any atom is -0.324 e. The second-order valence-electron chi connectivity index (χ2n) is 5.04. The van der Waals surface area contributed by atoms with Crippen LogP contribution in [-0.2, 0) is 4.79 Å². The number of nitrogens with zero attached hydrogens (tertiary/aromatic N) is 1. The standard InChI is InChI=1S/C15H17IN2O/c16-12-7-3-4-8-13(12)18-14(19)15(11-17)9-5-1-2-6-10-15/h3-4,7-8H,1-2,5-6,9-10H2,(H,18,19). The molecule has 1 N–H and O–H groups in total. The molecular weight excluding hydrogens is 351 g/mol. The molecule has 0 bridgehead atoms. The Morgan fingerprint density at radius 2 is 1.84 bits per heavy atom. The van der Waals surface area contributed by atoms with E-state index in [1.807, 2.05) is 24.3 Å². The summed E-state index contributed by atoms with van der Waals surface area (Å²) in [6, 6.07) is 9.93. The predicted octanol–water partition coefficient (Wildman–Crippen LogP) is 4.09. The smallest absolute Gasteiger partial charge is 0.244 e. The molecule has 1 aromatic rings. The van der Waals surface area contributed by atoms with Crippen LogP contribution in [0.25, 0.3) is 0 Å². The molecule has 0 heterocycles. The van der Waals surface area contributed by atoms with Crippen LogP contribution in [0.2, 0.25) is 0 Å². The molecule has 3 nitrogen and oxygen atoms in total. The fraction of sp³-hybridized carbons (Fsp3) is 0.467. The van der Waals surface area contributed by atoms with Crippen LogP contribution in [0.1, 0.15) is 38.5 Å². The Bertz CT molecular complexity index is 499. The Hall–Kier alpha value is -1.09. The molecular formula is C15H17IN2O. The molecule has 1 aromatic carbocycles. The number of nitrogens with one attached hydrogen (secondary N) is 1. The van der Waals surface area contributed by atoms with Crippen LogP contribution in [0.15, 0.2) is 24.3 Å². The fourth-order valence-corrected chi connectivity index (χ4v) is 3.05. The van der Waals surface area contributed by atoms with Crippen LogP contribution in [0.5, 0.6) is 0 Å². The first-order valence-electron chi connectivity index (χ1n) is 6.65. The summed E-state index contributed by atoms with van der Waals surface area (Å²) >= 11 is 2.19. The molecule has 4 heteroatoms. The summed E-state index contributed by atoms with van der Waals surface area (Å²) in [7, 11) is 0. The van der Waals surface area contributed by atoms with Crippen molar-refractivity contribution in [1.29, 1.82) is 5.26 Å². The highest BCUT2D eigenvalue weighted by Crippen LogP contribution is 2.36. The summed E-state index contributed by atoms with van der Waals surface area (Å²) in [5.41, 5.74) is -0.0398. The zero-order valence-corrected chi connectivity index (χ0v) is 12.9. The van der Waals surface area contributed by atoms with Gasteiger partial charge < -0.3 is 5.32 Å². The van der Waals surface area contributed by atoms with Crippen LogP contribution in [0.3, 0.4) is 0 Å². The average molecular weight is 368 g/mol. The molecule has 19 heavy (non-hydrogen) atoms. The number of para-hydroxylation sites is 1. The number of carbonyl (C=O) groups excluding carboxylic acids is 1. The molecule has 0 spiro atoms.